The lowest BCUT2D eigenvalue weighted by molar-refractivity contribution is 0.354. The number of hydrogen-bond donors (Lipinski definition) is 2. The Morgan fingerprint density at radius 3 is 1.58 bits per heavy atom. The van der Waals surface area contributed by atoms with Crippen LogP contribution in [0.15, 0.2) is 57.8 Å². The third kappa shape index (κ3) is 2.36. The van der Waals surface area contributed by atoms with E-state index in [1.54, 1.807) is 26.7 Å². The summed E-state index contributed by atoms with van der Waals surface area (Å²) in [5.74, 6) is 2.98. The molecule has 0 radical (unpaired) electrons. The molecule has 2 aromatic heterocycles. The fraction of sp³-hybridized carbons (Fsp3) is 0.222. The summed E-state index contributed by atoms with van der Waals surface area (Å²) in [6, 6.07) is 11.2. The van der Waals surface area contributed by atoms with E-state index in [9.17, 15) is 0 Å². The van der Waals surface area contributed by atoms with Crippen molar-refractivity contribution in [2.24, 2.45) is 0 Å². The third-order valence-corrected chi connectivity index (χ3v) is 4.18. The molecule has 0 saturated carbocycles. The molecule has 2 N–H and O–H groups in total. The molecule has 0 aliphatic carbocycles. The van der Waals surface area contributed by atoms with Crippen LogP contribution in [0.5, 0.6) is 11.5 Å². The molecule has 1 aromatic carbocycles. The lowest BCUT2D eigenvalue weighted by Gasteiger charge is -2.34. The van der Waals surface area contributed by atoms with E-state index in [1.807, 2.05) is 36.4 Å². The summed E-state index contributed by atoms with van der Waals surface area (Å²) in [6.45, 7) is 0. The van der Waals surface area contributed by atoms with Crippen LogP contribution < -0.4 is 20.1 Å². The second-order valence-corrected chi connectivity index (χ2v) is 5.53. The number of hydrogen-bond acceptors (Lipinski definition) is 6. The van der Waals surface area contributed by atoms with Crippen molar-refractivity contribution in [2.45, 2.75) is 12.1 Å². The molecule has 3 aromatic rings. The molecule has 1 aliphatic heterocycles. The highest BCUT2D eigenvalue weighted by Crippen LogP contribution is 2.46. The number of fused-ring (bicyclic) bond motifs is 1. The predicted octanol–water partition coefficient (Wildman–Crippen LogP) is 4.21. The summed E-state index contributed by atoms with van der Waals surface area (Å²) < 4.78 is 22.0. The van der Waals surface area contributed by atoms with Crippen LogP contribution in [-0.2, 0) is 0 Å². The van der Waals surface area contributed by atoms with Gasteiger partial charge in [0.05, 0.1) is 38.1 Å². The normalized spacial score (nSPS) is 19.1. The number of benzene rings is 1. The molecule has 6 nitrogen and oxygen atoms in total. The first-order chi connectivity index (χ1) is 11.8. The minimum absolute atomic E-state index is 0.114. The topological polar surface area (TPSA) is 68.8 Å². The van der Waals surface area contributed by atoms with Crippen LogP contribution in [-0.4, -0.2) is 14.2 Å². The Labute approximate surface area is 139 Å². The Kier molecular flexibility index (Phi) is 3.57. The van der Waals surface area contributed by atoms with Crippen molar-refractivity contribution >= 4 is 11.4 Å². The SMILES string of the molecule is COc1cc2c(cc1OC)NC(c1ccco1)C(c1ccco1)N2. The van der Waals surface area contributed by atoms with Crippen LogP contribution in [0.3, 0.4) is 0 Å². The van der Waals surface area contributed by atoms with Gasteiger partial charge in [-0.15, -0.1) is 0 Å². The zero-order chi connectivity index (χ0) is 16.5. The summed E-state index contributed by atoms with van der Waals surface area (Å²) in [7, 11) is 3.24. The van der Waals surface area contributed by atoms with Crippen LogP contribution in [0.1, 0.15) is 23.6 Å². The lowest BCUT2D eigenvalue weighted by atomic mass is 9.98. The van der Waals surface area contributed by atoms with Crippen molar-refractivity contribution in [3.8, 4) is 11.5 Å². The zero-order valence-electron chi connectivity index (χ0n) is 13.4. The van der Waals surface area contributed by atoms with Gasteiger partial charge in [0.2, 0.25) is 0 Å². The second kappa shape index (κ2) is 5.88. The maximum absolute atomic E-state index is 5.62. The van der Waals surface area contributed by atoms with Gasteiger partial charge >= 0.3 is 0 Å². The smallest absolute Gasteiger partial charge is 0.162 e. The molecular formula is C18H18N2O4. The van der Waals surface area contributed by atoms with Crippen LogP contribution >= 0.6 is 0 Å². The Balaban J connectivity index is 1.79. The quantitative estimate of drug-likeness (QED) is 0.748. The molecule has 0 fully saturated rings. The van der Waals surface area contributed by atoms with Gasteiger partial charge < -0.3 is 28.9 Å². The highest BCUT2D eigenvalue weighted by Gasteiger charge is 2.34. The van der Waals surface area contributed by atoms with Gasteiger partial charge in [0.25, 0.3) is 0 Å². The number of furan rings is 2. The first-order valence-electron chi connectivity index (χ1n) is 7.66. The maximum Gasteiger partial charge on any atom is 0.162 e. The van der Waals surface area contributed by atoms with Gasteiger partial charge in [-0.05, 0) is 24.3 Å². The van der Waals surface area contributed by atoms with E-state index in [4.69, 9.17) is 18.3 Å². The molecule has 6 heteroatoms. The molecule has 1 aliphatic rings. The highest BCUT2D eigenvalue weighted by atomic mass is 16.5. The Morgan fingerprint density at radius 1 is 0.792 bits per heavy atom. The largest absolute Gasteiger partial charge is 0.493 e. The van der Waals surface area contributed by atoms with Gasteiger partial charge in [0.15, 0.2) is 11.5 Å². The van der Waals surface area contributed by atoms with Crippen molar-refractivity contribution in [2.75, 3.05) is 24.9 Å². The first kappa shape index (κ1) is 14.6. The van der Waals surface area contributed by atoms with Gasteiger partial charge in [-0.25, -0.2) is 0 Å². The number of ether oxygens (including phenoxy) is 2. The maximum atomic E-state index is 5.62. The van der Waals surface area contributed by atoms with Crippen molar-refractivity contribution in [3.05, 3.63) is 60.4 Å². The molecule has 0 amide bonds. The van der Waals surface area contributed by atoms with Gasteiger partial charge in [-0.2, -0.15) is 0 Å². The minimum atomic E-state index is -0.114. The van der Waals surface area contributed by atoms with Gasteiger partial charge in [-0.1, -0.05) is 0 Å². The number of anilines is 2. The molecule has 24 heavy (non-hydrogen) atoms. The molecule has 2 unspecified atom stereocenters. The second-order valence-electron chi connectivity index (χ2n) is 5.53. The van der Waals surface area contributed by atoms with Gasteiger partial charge in [0.1, 0.15) is 23.6 Å². The molecule has 0 spiro atoms. The summed E-state index contributed by atoms with van der Waals surface area (Å²) in [5.41, 5.74) is 1.83. The van der Waals surface area contributed by atoms with E-state index in [2.05, 4.69) is 10.6 Å². The Hall–Kier alpha value is -3.02. The van der Waals surface area contributed by atoms with Crippen molar-refractivity contribution in [1.82, 2.24) is 0 Å². The molecule has 2 atom stereocenters. The fourth-order valence-corrected chi connectivity index (χ4v) is 3.03. The number of nitrogens with one attached hydrogen (secondary N) is 2. The van der Waals surface area contributed by atoms with E-state index in [-0.39, 0.29) is 12.1 Å². The van der Waals surface area contributed by atoms with Crippen molar-refractivity contribution in [3.63, 3.8) is 0 Å². The highest BCUT2D eigenvalue weighted by molar-refractivity contribution is 5.77. The van der Waals surface area contributed by atoms with Crippen molar-refractivity contribution < 1.29 is 18.3 Å². The molecule has 3 heterocycles. The van der Waals surface area contributed by atoms with Crippen LogP contribution in [0.25, 0.3) is 0 Å². The fourth-order valence-electron chi connectivity index (χ4n) is 3.03. The summed E-state index contributed by atoms with van der Waals surface area (Å²) in [6.07, 6.45) is 3.33. The van der Waals surface area contributed by atoms with E-state index in [0.29, 0.717) is 11.5 Å². The van der Waals surface area contributed by atoms with Crippen LogP contribution in [0.4, 0.5) is 11.4 Å². The van der Waals surface area contributed by atoms with Crippen LogP contribution in [0.2, 0.25) is 0 Å². The third-order valence-electron chi connectivity index (χ3n) is 4.18. The zero-order valence-corrected chi connectivity index (χ0v) is 13.4. The Bertz CT molecular complexity index is 743. The molecule has 0 bridgehead atoms. The first-order valence-corrected chi connectivity index (χ1v) is 7.66. The monoisotopic (exact) mass is 326 g/mol. The average molecular weight is 326 g/mol. The summed E-state index contributed by atoms with van der Waals surface area (Å²) in [5, 5.41) is 7.02. The summed E-state index contributed by atoms with van der Waals surface area (Å²) in [4.78, 5) is 0. The van der Waals surface area contributed by atoms with E-state index < -0.39 is 0 Å². The predicted molar refractivity (Wildman–Crippen MR) is 89.7 cm³/mol. The average Bonchev–Trinajstić information content (AvgIpc) is 3.32. The molecular weight excluding hydrogens is 308 g/mol. The summed E-state index contributed by atoms with van der Waals surface area (Å²) >= 11 is 0. The van der Waals surface area contributed by atoms with E-state index in [0.717, 1.165) is 22.9 Å². The molecule has 4 rings (SSSR count). The van der Waals surface area contributed by atoms with Crippen LogP contribution in [0, 0.1) is 0 Å². The Morgan fingerprint density at radius 2 is 1.25 bits per heavy atom. The van der Waals surface area contributed by atoms with Crippen molar-refractivity contribution in [1.29, 1.82) is 0 Å². The standard InChI is InChI=1S/C18H18N2O4/c1-21-15-9-11-12(10-16(15)22-2)20-18(14-6-4-8-24-14)17(19-11)13-5-3-7-23-13/h3-10,17-20H,1-2H3. The molecule has 0 saturated heterocycles. The minimum Gasteiger partial charge on any atom is -0.493 e. The van der Waals surface area contributed by atoms with E-state index in [1.165, 1.54) is 0 Å². The van der Waals surface area contributed by atoms with Gasteiger partial charge in [0, 0.05) is 12.1 Å². The van der Waals surface area contributed by atoms with Gasteiger partial charge in [-0.3, -0.25) is 0 Å². The van der Waals surface area contributed by atoms with E-state index >= 15 is 0 Å². The lowest BCUT2D eigenvalue weighted by Crippen LogP contribution is -2.29. The number of rotatable bonds is 4. The number of methoxy groups -OCH3 is 2. The molecule has 124 valence electrons.